The number of aryl methyl sites for hydroxylation is 3. The van der Waals surface area contributed by atoms with Crippen LogP contribution >= 0.6 is 0 Å². The van der Waals surface area contributed by atoms with Gasteiger partial charge in [0.05, 0.1) is 0 Å². The first-order chi connectivity index (χ1) is 12.7. The summed E-state index contributed by atoms with van der Waals surface area (Å²) < 4.78 is 0. The van der Waals surface area contributed by atoms with E-state index in [1.165, 1.54) is 12.0 Å². The minimum absolute atomic E-state index is 0.221. The van der Waals surface area contributed by atoms with Crippen LogP contribution in [-0.4, -0.2) is 63.6 Å². The van der Waals surface area contributed by atoms with Crippen molar-refractivity contribution in [2.45, 2.75) is 39.0 Å². The van der Waals surface area contributed by atoms with E-state index in [-0.39, 0.29) is 5.91 Å². The molecule has 6 heteroatoms. The Hall–Kier alpha value is -2.21. The Morgan fingerprint density at radius 3 is 2.73 bits per heavy atom. The summed E-state index contributed by atoms with van der Waals surface area (Å²) in [6.45, 7) is 6.73. The topological polar surface area (TPSA) is 65.1 Å². The van der Waals surface area contributed by atoms with E-state index in [2.05, 4.69) is 50.4 Å². The molecule has 0 bridgehead atoms. The summed E-state index contributed by atoms with van der Waals surface area (Å²) in [6, 6.07) is 10.7. The van der Waals surface area contributed by atoms with Gasteiger partial charge in [0.15, 0.2) is 5.82 Å². The number of rotatable bonds is 7. The van der Waals surface area contributed by atoms with Gasteiger partial charge in [-0.2, -0.15) is 5.10 Å². The molecule has 1 aliphatic rings. The summed E-state index contributed by atoms with van der Waals surface area (Å²) in [4.78, 5) is 21.3. The summed E-state index contributed by atoms with van der Waals surface area (Å²) in [5.74, 6) is 1.75. The Labute approximate surface area is 155 Å². The van der Waals surface area contributed by atoms with Gasteiger partial charge in [0.2, 0.25) is 5.91 Å². The predicted molar refractivity (Wildman–Crippen MR) is 102 cm³/mol. The van der Waals surface area contributed by atoms with Crippen LogP contribution in [0.5, 0.6) is 0 Å². The third-order valence-corrected chi connectivity index (χ3v) is 4.93. The van der Waals surface area contributed by atoms with E-state index in [1.807, 2.05) is 11.8 Å². The van der Waals surface area contributed by atoms with Gasteiger partial charge in [-0.1, -0.05) is 30.3 Å². The lowest BCUT2D eigenvalue weighted by molar-refractivity contribution is -0.131. The number of aromatic amines is 1. The Bertz CT molecular complexity index is 685. The van der Waals surface area contributed by atoms with Gasteiger partial charge < -0.3 is 9.80 Å². The number of nitrogens with one attached hydrogen (secondary N) is 1. The van der Waals surface area contributed by atoms with E-state index in [0.29, 0.717) is 12.8 Å². The van der Waals surface area contributed by atoms with Crippen molar-refractivity contribution in [2.75, 3.05) is 32.7 Å². The molecule has 1 fully saturated rings. The van der Waals surface area contributed by atoms with Crippen molar-refractivity contribution in [3.8, 4) is 0 Å². The maximum atomic E-state index is 12.5. The molecule has 3 rings (SSSR count). The lowest BCUT2D eigenvalue weighted by Crippen LogP contribution is -2.35. The molecule has 2 heterocycles. The fraction of sp³-hybridized carbons (Fsp3) is 0.550. The van der Waals surface area contributed by atoms with Gasteiger partial charge in [0, 0.05) is 32.5 Å². The number of carbonyl (C=O) groups is 1. The predicted octanol–water partition coefficient (Wildman–Crippen LogP) is 2.21. The Morgan fingerprint density at radius 2 is 1.96 bits per heavy atom. The van der Waals surface area contributed by atoms with Crippen molar-refractivity contribution in [3.05, 3.63) is 47.5 Å². The van der Waals surface area contributed by atoms with Crippen molar-refractivity contribution in [3.63, 3.8) is 0 Å². The second-order valence-corrected chi connectivity index (χ2v) is 7.00. The van der Waals surface area contributed by atoms with Crippen LogP contribution in [0.4, 0.5) is 0 Å². The standard InChI is InChI=1S/C20H29N5O/c1-17-21-19(23-22-17)10-11-20(26)25-14-6-13-24(15-16-25)12-5-9-18-7-3-2-4-8-18/h2-4,7-8H,5-6,9-16H2,1H3,(H,21,22,23). The summed E-state index contributed by atoms with van der Waals surface area (Å²) in [5, 5.41) is 6.93. The molecular weight excluding hydrogens is 326 g/mol. The minimum atomic E-state index is 0.221. The van der Waals surface area contributed by atoms with Crippen molar-refractivity contribution in [2.24, 2.45) is 0 Å². The van der Waals surface area contributed by atoms with E-state index < -0.39 is 0 Å². The van der Waals surface area contributed by atoms with Crippen molar-refractivity contribution >= 4 is 5.91 Å². The monoisotopic (exact) mass is 355 g/mol. The molecule has 0 atom stereocenters. The van der Waals surface area contributed by atoms with Gasteiger partial charge >= 0.3 is 0 Å². The third-order valence-electron chi connectivity index (χ3n) is 4.93. The molecule has 26 heavy (non-hydrogen) atoms. The van der Waals surface area contributed by atoms with Crippen LogP contribution in [0, 0.1) is 6.92 Å². The molecule has 0 unspecified atom stereocenters. The van der Waals surface area contributed by atoms with E-state index in [0.717, 1.165) is 57.2 Å². The maximum Gasteiger partial charge on any atom is 0.223 e. The Kier molecular flexibility index (Phi) is 6.77. The quantitative estimate of drug-likeness (QED) is 0.827. The zero-order valence-electron chi connectivity index (χ0n) is 15.7. The largest absolute Gasteiger partial charge is 0.341 e. The van der Waals surface area contributed by atoms with Crippen LogP contribution < -0.4 is 0 Å². The van der Waals surface area contributed by atoms with E-state index in [9.17, 15) is 4.79 Å². The van der Waals surface area contributed by atoms with Crippen LogP contribution in [-0.2, 0) is 17.6 Å². The molecule has 1 aromatic heterocycles. The highest BCUT2D eigenvalue weighted by molar-refractivity contribution is 5.76. The molecule has 2 aromatic rings. The number of nitrogens with zero attached hydrogens (tertiary/aromatic N) is 4. The van der Waals surface area contributed by atoms with Gasteiger partial charge in [0.1, 0.15) is 5.82 Å². The molecule has 1 aliphatic heterocycles. The molecule has 6 nitrogen and oxygen atoms in total. The first-order valence-corrected chi connectivity index (χ1v) is 9.62. The number of amides is 1. The molecule has 0 saturated carbocycles. The molecule has 0 radical (unpaired) electrons. The van der Waals surface area contributed by atoms with Crippen molar-refractivity contribution in [1.29, 1.82) is 0 Å². The SMILES string of the molecule is Cc1nc(CCC(=O)N2CCCN(CCCc3ccccc3)CC2)n[nH]1. The fourth-order valence-electron chi connectivity index (χ4n) is 3.47. The van der Waals surface area contributed by atoms with Gasteiger partial charge in [-0.05, 0) is 44.8 Å². The normalized spacial score (nSPS) is 15.8. The molecule has 1 saturated heterocycles. The van der Waals surface area contributed by atoms with E-state index >= 15 is 0 Å². The van der Waals surface area contributed by atoms with Crippen LogP contribution in [0.2, 0.25) is 0 Å². The van der Waals surface area contributed by atoms with Crippen molar-refractivity contribution < 1.29 is 4.79 Å². The number of H-pyrrole nitrogens is 1. The van der Waals surface area contributed by atoms with Crippen LogP contribution in [0.1, 0.15) is 36.5 Å². The molecule has 1 N–H and O–H groups in total. The van der Waals surface area contributed by atoms with E-state index in [1.54, 1.807) is 0 Å². The molecule has 1 amide bonds. The van der Waals surface area contributed by atoms with Gasteiger partial charge in [-0.15, -0.1) is 0 Å². The summed E-state index contributed by atoms with van der Waals surface area (Å²) >= 11 is 0. The zero-order valence-corrected chi connectivity index (χ0v) is 15.7. The number of hydrogen-bond donors (Lipinski definition) is 1. The number of carbonyl (C=O) groups excluding carboxylic acids is 1. The number of aromatic nitrogens is 3. The van der Waals surface area contributed by atoms with Crippen LogP contribution in [0.25, 0.3) is 0 Å². The lowest BCUT2D eigenvalue weighted by atomic mass is 10.1. The maximum absolute atomic E-state index is 12.5. The second kappa shape index (κ2) is 9.48. The lowest BCUT2D eigenvalue weighted by Gasteiger charge is -2.22. The minimum Gasteiger partial charge on any atom is -0.341 e. The highest BCUT2D eigenvalue weighted by Crippen LogP contribution is 2.09. The second-order valence-electron chi connectivity index (χ2n) is 7.00. The zero-order chi connectivity index (χ0) is 18.2. The first kappa shape index (κ1) is 18.6. The van der Waals surface area contributed by atoms with E-state index in [4.69, 9.17) is 0 Å². The third kappa shape index (κ3) is 5.66. The summed E-state index contributed by atoms with van der Waals surface area (Å²) in [6.07, 6.45) is 4.45. The van der Waals surface area contributed by atoms with Crippen LogP contribution in [0.15, 0.2) is 30.3 Å². The van der Waals surface area contributed by atoms with Crippen LogP contribution in [0.3, 0.4) is 0 Å². The Balaban J connectivity index is 1.37. The highest BCUT2D eigenvalue weighted by atomic mass is 16.2. The summed E-state index contributed by atoms with van der Waals surface area (Å²) in [7, 11) is 0. The fourth-order valence-corrected chi connectivity index (χ4v) is 3.47. The average molecular weight is 355 g/mol. The highest BCUT2D eigenvalue weighted by Gasteiger charge is 2.19. The van der Waals surface area contributed by atoms with Crippen molar-refractivity contribution in [1.82, 2.24) is 25.0 Å². The van der Waals surface area contributed by atoms with Gasteiger partial charge in [-0.3, -0.25) is 9.89 Å². The Morgan fingerprint density at radius 1 is 1.12 bits per heavy atom. The van der Waals surface area contributed by atoms with Gasteiger partial charge in [-0.25, -0.2) is 4.98 Å². The molecule has 0 spiro atoms. The van der Waals surface area contributed by atoms with Gasteiger partial charge in [0.25, 0.3) is 0 Å². The smallest absolute Gasteiger partial charge is 0.223 e. The summed E-state index contributed by atoms with van der Waals surface area (Å²) in [5.41, 5.74) is 1.40. The molecule has 1 aromatic carbocycles. The average Bonchev–Trinajstić information content (AvgIpc) is 2.93. The number of hydrogen-bond acceptors (Lipinski definition) is 4. The molecule has 0 aliphatic carbocycles. The number of benzene rings is 1. The molecular formula is C20H29N5O. The molecule has 140 valence electrons. The first-order valence-electron chi connectivity index (χ1n) is 9.62.